The molecule has 20 heavy (non-hydrogen) atoms. The number of halogens is 1. The highest BCUT2D eigenvalue weighted by Gasteiger charge is 2.16. The van der Waals surface area contributed by atoms with Gasteiger partial charge in [0.25, 0.3) is 0 Å². The van der Waals surface area contributed by atoms with Gasteiger partial charge in [0.05, 0.1) is 15.8 Å². The van der Waals surface area contributed by atoms with Gasteiger partial charge in [0.15, 0.2) is 4.34 Å². The number of hydrogen-bond donors (Lipinski definition) is 1. The van der Waals surface area contributed by atoms with Gasteiger partial charge >= 0.3 is 5.97 Å². The van der Waals surface area contributed by atoms with Gasteiger partial charge in [-0.1, -0.05) is 30.0 Å². The van der Waals surface area contributed by atoms with E-state index in [1.54, 1.807) is 23.5 Å². The molecule has 0 amide bonds. The molecule has 2 aromatic carbocycles. The standard InChI is InChI=1S/C14H8BrNO2S2/c15-8-4-3-7-11(12(8)13(17)18)20-14-16-9-5-1-2-6-10(9)19-14/h1-7H,(H,17,18). The van der Waals surface area contributed by atoms with Crippen LogP contribution in [0.3, 0.4) is 0 Å². The number of nitrogens with zero attached hydrogens (tertiary/aromatic N) is 1. The Morgan fingerprint density at radius 1 is 1.20 bits per heavy atom. The smallest absolute Gasteiger partial charge is 0.338 e. The molecule has 6 heteroatoms. The third kappa shape index (κ3) is 2.59. The van der Waals surface area contributed by atoms with E-state index in [0.717, 1.165) is 14.6 Å². The summed E-state index contributed by atoms with van der Waals surface area (Å²) in [7, 11) is 0. The monoisotopic (exact) mass is 365 g/mol. The van der Waals surface area contributed by atoms with Crippen molar-refractivity contribution < 1.29 is 9.90 Å². The van der Waals surface area contributed by atoms with Gasteiger partial charge in [0.2, 0.25) is 0 Å². The van der Waals surface area contributed by atoms with Crippen molar-refractivity contribution >= 4 is 55.2 Å². The van der Waals surface area contributed by atoms with Gasteiger partial charge < -0.3 is 5.11 Å². The molecule has 0 unspecified atom stereocenters. The molecule has 0 atom stereocenters. The fourth-order valence-electron chi connectivity index (χ4n) is 1.79. The molecule has 1 N–H and O–H groups in total. The lowest BCUT2D eigenvalue weighted by Gasteiger charge is -2.05. The highest BCUT2D eigenvalue weighted by atomic mass is 79.9. The molecule has 0 saturated heterocycles. The average molecular weight is 366 g/mol. The Kier molecular flexibility index (Phi) is 3.78. The van der Waals surface area contributed by atoms with Gasteiger partial charge in [-0.25, -0.2) is 9.78 Å². The second-order valence-corrected chi connectivity index (χ2v) is 7.14. The number of carboxylic acids is 1. The van der Waals surface area contributed by atoms with Gasteiger partial charge in [-0.05, 0) is 40.2 Å². The third-order valence-corrected chi connectivity index (χ3v) is 5.48. The minimum absolute atomic E-state index is 0.275. The Balaban J connectivity index is 2.02. The van der Waals surface area contributed by atoms with Crippen molar-refractivity contribution in [2.45, 2.75) is 9.24 Å². The molecule has 1 aromatic heterocycles. The number of benzene rings is 2. The van der Waals surface area contributed by atoms with Crippen LogP contribution in [0, 0.1) is 0 Å². The Morgan fingerprint density at radius 3 is 2.75 bits per heavy atom. The maximum absolute atomic E-state index is 11.3. The summed E-state index contributed by atoms with van der Waals surface area (Å²) in [5.41, 5.74) is 1.21. The summed E-state index contributed by atoms with van der Waals surface area (Å²) in [4.78, 5) is 16.5. The molecule has 3 rings (SSSR count). The molecule has 0 aliphatic carbocycles. The van der Waals surface area contributed by atoms with E-state index >= 15 is 0 Å². The number of aromatic nitrogens is 1. The van der Waals surface area contributed by atoms with Gasteiger partial charge in [0.1, 0.15) is 0 Å². The third-order valence-electron chi connectivity index (χ3n) is 2.66. The summed E-state index contributed by atoms with van der Waals surface area (Å²) in [5.74, 6) is -0.943. The number of rotatable bonds is 3. The number of carbonyl (C=O) groups is 1. The lowest BCUT2D eigenvalue weighted by Crippen LogP contribution is -1.99. The molecule has 0 aliphatic heterocycles. The first-order chi connectivity index (χ1) is 9.65. The van der Waals surface area contributed by atoms with Crippen LogP contribution >= 0.6 is 39.0 Å². The van der Waals surface area contributed by atoms with E-state index in [9.17, 15) is 9.90 Å². The molecule has 3 nitrogen and oxygen atoms in total. The predicted molar refractivity (Wildman–Crippen MR) is 84.8 cm³/mol. The summed E-state index contributed by atoms with van der Waals surface area (Å²) in [6.07, 6.45) is 0. The Labute approximate surface area is 131 Å². The van der Waals surface area contributed by atoms with Crippen molar-refractivity contribution in [2.75, 3.05) is 0 Å². The van der Waals surface area contributed by atoms with Crippen molar-refractivity contribution in [3.63, 3.8) is 0 Å². The van der Waals surface area contributed by atoms with Crippen LogP contribution in [0.2, 0.25) is 0 Å². The number of fused-ring (bicyclic) bond motifs is 1. The number of hydrogen-bond acceptors (Lipinski definition) is 4. The van der Waals surface area contributed by atoms with Crippen LogP contribution in [0.4, 0.5) is 0 Å². The maximum Gasteiger partial charge on any atom is 0.338 e. The van der Waals surface area contributed by atoms with Crippen molar-refractivity contribution in [1.29, 1.82) is 0 Å². The maximum atomic E-state index is 11.3. The molecular weight excluding hydrogens is 358 g/mol. The Bertz CT molecular complexity index is 768. The molecule has 0 aliphatic rings. The minimum Gasteiger partial charge on any atom is -0.478 e. The summed E-state index contributed by atoms with van der Waals surface area (Å²) < 4.78 is 2.52. The van der Waals surface area contributed by atoms with Crippen LogP contribution < -0.4 is 0 Å². The van der Waals surface area contributed by atoms with Crippen LogP contribution in [0.15, 0.2) is 56.2 Å². The van der Waals surface area contributed by atoms with Gasteiger partial charge in [-0.15, -0.1) is 11.3 Å². The zero-order chi connectivity index (χ0) is 14.1. The molecule has 0 fully saturated rings. The summed E-state index contributed by atoms with van der Waals surface area (Å²) in [5, 5.41) is 9.30. The predicted octanol–water partition coefficient (Wildman–Crippen LogP) is 4.91. The topological polar surface area (TPSA) is 50.2 Å². The van der Waals surface area contributed by atoms with E-state index in [1.165, 1.54) is 11.8 Å². The van der Waals surface area contributed by atoms with Crippen LogP contribution in [0.1, 0.15) is 10.4 Å². The molecule has 100 valence electrons. The van der Waals surface area contributed by atoms with Gasteiger partial charge in [0, 0.05) is 9.37 Å². The van der Waals surface area contributed by atoms with E-state index < -0.39 is 5.97 Å². The van der Waals surface area contributed by atoms with E-state index in [0.29, 0.717) is 9.37 Å². The number of thiazole rings is 1. The number of carboxylic acid groups (broad SMARTS) is 1. The van der Waals surface area contributed by atoms with Gasteiger partial charge in [-0.2, -0.15) is 0 Å². The van der Waals surface area contributed by atoms with Crippen LogP contribution in [0.5, 0.6) is 0 Å². The second kappa shape index (κ2) is 5.55. The zero-order valence-electron chi connectivity index (χ0n) is 10.0. The number of aromatic carboxylic acids is 1. The zero-order valence-corrected chi connectivity index (χ0v) is 13.3. The van der Waals surface area contributed by atoms with Gasteiger partial charge in [-0.3, -0.25) is 0 Å². The van der Waals surface area contributed by atoms with Crippen LogP contribution in [-0.2, 0) is 0 Å². The Morgan fingerprint density at radius 2 is 2.00 bits per heavy atom. The summed E-state index contributed by atoms with van der Waals surface area (Å²) >= 11 is 6.23. The quantitative estimate of drug-likeness (QED) is 0.716. The van der Waals surface area contributed by atoms with E-state index in [4.69, 9.17) is 0 Å². The highest BCUT2D eigenvalue weighted by Crippen LogP contribution is 2.37. The molecule has 0 spiro atoms. The molecular formula is C14H8BrNO2S2. The average Bonchev–Trinajstić information content (AvgIpc) is 2.80. The lowest BCUT2D eigenvalue weighted by molar-refractivity contribution is 0.0692. The molecule has 0 radical (unpaired) electrons. The molecule has 0 bridgehead atoms. The van der Waals surface area contributed by atoms with Crippen molar-refractivity contribution in [2.24, 2.45) is 0 Å². The van der Waals surface area contributed by atoms with Crippen LogP contribution in [0.25, 0.3) is 10.2 Å². The molecule has 0 saturated carbocycles. The SMILES string of the molecule is O=C(O)c1c(Br)cccc1Sc1nc2ccccc2s1. The fraction of sp³-hybridized carbons (Fsp3) is 0. The molecule has 3 aromatic rings. The van der Waals surface area contributed by atoms with Crippen molar-refractivity contribution in [3.05, 3.63) is 52.5 Å². The van der Waals surface area contributed by atoms with Crippen molar-refractivity contribution in [1.82, 2.24) is 4.98 Å². The first-order valence-electron chi connectivity index (χ1n) is 5.70. The first kappa shape index (κ1) is 13.6. The largest absolute Gasteiger partial charge is 0.478 e. The second-order valence-electron chi connectivity index (χ2n) is 3.97. The first-order valence-corrected chi connectivity index (χ1v) is 8.13. The van der Waals surface area contributed by atoms with E-state index in [2.05, 4.69) is 20.9 Å². The minimum atomic E-state index is -0.943. The Hall–Kier alpha value is -1.37. The summed E-state index contributed by atoms with van der Waals surface area (Å²) in [6, 6.07) is 13.2. The lowest BCUT2D eigenvalue weighted by atomic mass is 10.2. The van der Waals surface area contributed by atoms with Crippen LogP contribution in [-0.4, -0.2) is 16.1 Å². The molecule has 1 heterocycles. The van der Waals surface area contributed by atoms with E-state index in [-0.39, 0.29) is 5.56 Å². The van der Waals surface area contributed by atoms with E-state index in [1.807, 2.05) is 30.3 Å². The highest BCUT2D eigenvalue weighted by molar-refractivity contribution is 9.10. The fourth-order valence-corrected chi connectivity index (χ4v) is 4.63. The van der Waals surface area contributed by atoms with Crippen molar-refractivity contribution in [3.8, 4) is 0 Å². The summed E-state index contributed by atoms with van der Waals surface area (Å²) in [6.45, 7) is 0. The normalized spacial score (nSPS) is 10.8. The number of para-hydroxylation sites is 1.